The minimum Gasteiger partial charge on any atom is -0.495 e. The first-order valence-electron chi connectivity index (χ1n) is 12.8. The zero-order chi connectivity index (χ0) is 25.8. The number of piperazine rings is 1. The Balaban J connectivity index is 1.24. The average Bonchev–Trinajstić information content (AvgIpc) is 2.95. The molecule has 0 aliphatic carbocycles. The number of hydrogen-bond acceptors (Lipinski definition) is 5. The van der Waals surface area contributed by atoms with Gasteiger partial charge in [-0.1, -0.05) is 66.8 Å². The molecule has 1 saturated heterocycles. The molecule has 0 radical (unpaired) electrons. The number of fused-ring (bicyclic) bond motifs is 1. The summed E-state index contributed by atoms with van der Waals surface area (Å²) >= 11 is 5.82. The lowest BCUT2D eigenvalue weighted by Gasteiger charge is -2.38. The molecule has 6 heteroatoms. The molecule has 1 aromatic heterocycles. The molecule has 0 spiro atoms. The molecule has 0 amide bonds. The van der Waals surface area contributed by atoms with Gasteiger partial charge in [0.1, 0.15) is 17.1 Å². The fourth-order valence-electron chi connectivity index (χ4n) is 5.11. The highest BCUT2D eigenvalue weighted by atomic mass is 32.1. The van der Waals surface area contributed by atoms with Crippen LogP contribution in [0, 0.1) is 6.92 Å². The van der Waals surface area contributed by atoms with Crippen molar-refractivity contribution in [2.75, 3.05) is 38.2 Å². The number of aryl methyl sites for hydroxylation is 1. The standard InChI is InChI=1S/C31H32N2O3S/c1-22-29(34)25-14-8-12-24(31(25)36-30(22)23-10-4-3-5-11-23)13-9-17-28(37)33-20-18-32(19-21-33)26-15-6-7-16-27(26)35-2/h3-8,10-12,14-16H,9,13,17-21H2,1-2H3. The smallest absolute Gasteiger partial charge is 0.196 e. The largest absolute Gasteiger partial charge is 0.495 e. The van der Waals surface area contributed by atoms with E-state index in [1.807, 2.05) is 67.6 Å². The Hall–Kier alpha value is -3.64. The van der Waals surface area contributed by atoms with E-state index in [1.54, 1.807) is 7.11 Å². The van der Waals surface area contributed by atoms with Gasteiger partial charge in [-0.3, -0.25) is 4.79 Å². The zero-order valence-corrected chi connectivity index (χ0v) is 22.2. The van der Waals surface area contributed by atoms with Gasteiger partial charge in [0.25, 0.3) is 0 Å². The lowest BCUT2D eigenvalue weighted by atomic mass is 10.0. The Kier molecular flexibility index (Phi) is 7.56. The molecule has 0 atom stereocenters. The lowest BCUT2D eigenvalue weighted by molar-refractivity contribution is 0.377. The van der Waals surface area contributed by atoms with Crippen LogP contribution >= 0.6 is 12.2 Å². The van der Waals surface area contributed by atoms with Crippen molar-refractivity contribution in [1.82, 2.24) is 4.90 Å². The topological polar surface area (TPSA) is 45.9 Å². The summed E-state index contributed by atoms with van der Waals surface area (Å²) in [4.78, 5) is 18.8. The maximum absolute atomic E-state index is 13.1. The van der Waals surface area contributed by atoms with Crippen LogP contribution in [-0.2, 0) is 6.42 Å². The van der Waals surface area contributed by atoms with E-state index < -0.39 is 0 Å². The van der Waals surface area contributed by atoms with Crippen LogP contribution in [0.4, 0.5) is 5.69 Å². The molecule has 5 rings (SSSR count). The number of thiocarbonyl (C=S) groups is 1. The summed E-state index contributed by atoms with van der Waals surface area (Å²) in [5.74, 6) is 1.56. The van der Waals surface area contributed by atoms with Crippen LogP contribution in [0.3, 0.4) is 0 Å². The Morgan fingerprint density at radius 1 is 0.946 bits per heavy atom. The van der Waals surface area contributed by atoms with Crippen LogP contribution in [0.5, 0.6) is 5.75 Å². The number of methoxy groups -OCH3 is 1. The van der Waals surface area contributed by atoms with Crippen LogP contribution in [0.15, 0.2) is 82.0 Å². The molecule has 1 fully saturated rings. The molecule has 4 aromatic rings. The van der Waals surface area contributed by atoms with Gasteiger partial charge >= 0.3 is 0 Å². The molecule has 1 aliphatic rings. The van der Waals surface area contributed by atoms with Crippen molar-refractivity contribution in [1.29, 1.82) is 0 Å². The third-order valence-corrected chi connectivity index (χ3v) is 7.62. The number of nitrogens with zero attached hydrogens (tertiary/aromatic N) is 2. The maximum atomic E-state index is 13.1. The molecular formula is C31H32N2O3S. The van der Waals surface area contributed by atoms with Gasteiger partial charge in [0, 0.05) is 37.3 Å². The molecule has 2 heterocycles. The van der Waals surface area contributed by atoms with Crippen molar-refractivity contribution in [2.24, 2.45) is 0 Å². The van der Waals surface area contributed by atoms with Crippen molar-refractivity contribution >= 4 is 33.9 Å². The molecule has 1 aliphatic heterocycles. The van der Waals surface area contributed by atoms with E-state index in [-0.39, 0.29) is 5.43 Å². The van der Waals surface area contributed by atoms with Crippen LogP contribution < -0.4 is 15.1 Å². The SMILES string of the molecule is COc1ccccc1N1CCN(C(=S)CCCc2cccc3c(=O)c(C)c(-c4ccccc4)oc23)CC1. The van der Waals surface area contributed by atoms with Crippen molar-refractivity contribution in [2.45, 2.75) is 26.2 Å². The number of rotatable bonds is 7. The van der Waals surface area contributed by atoms with Gasteiger partial charge in [-0.2, -0.15) is 0 Å². The molecule has 0 unspecified atom stereocenters. The highest BCUT2D eigenvalue weighted by Crippen LogP contribution is 2.29. The highest BCUT2D eigenvalue weighted by molar-refractivity contribution is 7.80. The fourth-order valence-corrected chi connectivity index (χ4v) is 5.43. The van der Waals surface area contributed by atoms with E-state index in [0.29, 0.717) is 22.3 Å². The van der Waals surface area contributed by atoms with Crippen LogP contribution in [-0.4, -0.2) is 43.2 Å². The predicted molar refractivity (Wildman–Crippen MR) is 155 cm³/mol. The second-order valence-electron chi connectivity index (χ2n) is 9.44. The first-order valence-corrected chi connectivity index (χ1v) is 13.2. The summed E-state index contributed by atoms with van der Waals surface area (Å²) < 4.78 is 11.9. The summed E-state index contributed by atoms with van der Waals surface area (Å²) in [6.07, 6.45) is 2.55. The first kappa shape index (κ1) is 25.0. The molecule has 190 valence electrons. The van der Waals surface area contributed by atoms with E-state index in [0.717, 1.165) is 73.0 Å². The van der Waals surface area contributed by atoms with Crippen molar-refractivity contribution in [3.05, 3.63) is 94.1 Å². The van der Waals surface area contributed by atoms with Gasteiger partial charge in [-0.25, -0.2) is 0 Å². The number of benzene rings is 3. The minimum absolute atomic E-state index is 0.0328. The molecule has 37 heavy (non-hydrogen) atoms. The van der Waals surface area contributed by atoms with Gasteiger partial charge in [0.2, 0.25) is 0 Å². The first-order chi connectivity index (χ1) is 18.1. The predicted octanol–water partition coefficient (Wildman–Crippen LogP) is 6.25. The summed E-state index contributed by atoms with van der Waals surface area (Å²) in [5.41, 5.74) is 4.47. The molecular weight excluding hydrogens is 480 g/mol. The summed E-state index contributed by atoms with van der Waals surface area (Å²) in [5, 5.41) is 0.643. The van der Waals surface area contributed by atoms with Crippen LogP contribution in [0.1, 0.15) is 24.0 Å². The molecule has 3 aromatic carbocycles. The van der Waals surface area contributed by atoms with Gasteiger partial charge in [-0.05, 0) is 49.9 Å². The third kappa shape index (κ3) is 5.25. The van der Waals surface area contributed by atoms with Gasteiger partial charge < -0.3 is 19.0 Å². The lowest BCUT2D eigenvalue weighted by Crippen LogP contribution is -2.48. The molecule has 0 saturated carbocycles. The van der Waals surface area contributed by atoms with Crippen molar-refractivity contribution < 1.29 is 9.15 Å². The maximum Gasteiger partial charge on any atom is 0.196 e. The number of ether oxygens (including phenoxy) is 1. The monoisotopic (exact) mass is 512 g/mol. The van der Waals surface area contributed by atoms with E-state index in [1.165, 1.54) is 0 Å². The Bertz CT molecular complexity index is 1460. The Labute approximate surface area is 223 Å². The molecule has 0 N–H and O–H groups in total. The highest BCUT2D eigenvalue weighted by Gasteiger charge is 2.21. The third-order valence-electron chi connectivity index (χ3n) is 7.16. The normalized spacial score (nSPS) is 13.7. The van der Waals surface area contributed by atoms with Gasteiger partial charge in [0.15, 0.2) is 5.43 Å². The van der Waals surface area contributed by atoms with E-state index in [9.17, 15) is 4.79 Å². The number of para-hydroxylation sites is 3. The second kappa shape index (κ2) is 11.2. The van der Waals surface area contributed by atoms with Crippen molar-refractivity contribution in [3.8, 4) is 17.1 Å². The van der Waals surface area contributed by atoms with E-state index >= 15 is 0 Å². The Morgan fingerprint density at radius 2 is 1.68 bits per heavy atom. The molecule has 0 bridgehead atoms. The van der Waals surface area contributed by atoms with Gasteiger partial charge in [0.05, 0.1) is 23.2 Å². The zero-order valence-electron chi connectivity index (χ0n) is 21.4. The Morgan fingerprint density at radius 3 is 2.43 bits per heavy atom. The van der Waals surface area contributed by atoms with Crippen molar-refractivity contribution in [3.63, 3.8) is 0 Å². The number of hydrogen-bond donors (Lipinski definition) is 0. The molecule has 5 nitrogen and oxygen atoms in total. The number of anilines is 1. The second-order valence-corrected chi connectivity index (χ2v) is 9.91. The summed E-state index contributed by atoms with van der Waals surface area (Å²) in [6.45, 7) is 5.47. The van der Waals surface area contributed by atoms with Gasteiger partial charge in [-0.15, -0.1) is 0 Å². The summed E-state index contributed by atoms with van der Waals surface area (Å²) in [6, 6.07) is 23.9. The van der Waals surface area contributed by atoms with Crippen LogP contribution in [0.25, 0.3) is 22.3 Å². The van der Waals surface area contributed by atoms with E-state index in [4.69, 9.17) is 21.4 Å². The summed E-state index contributed by atoms with van der Waals surface area (Å²) in [7, 11) is 1.72. The van der Waals surface area contributed by atoms with E-state index in [2.05, 4.69) is 21.9 Å². The van der Waals surface area contributed by atoms with Crippen LogP contribution in [0.2, 0.25) is 0 Å². The average molecular weight is 513 g/mol. The minimum atomic E-state index is 0.0328. The quantitative estimate of drug-likeness (QED) is 0.273. The fraction of sp³-hybridized carbons (Fsp3) is 0.290.